The summed E-state index contributed by atoms with van der Waals surface area (Å²) in [5.74, 6) is -1.84. The van der Waals surface area contributed by atoms with Crippen LogP contribution < -0.4 is 0 Å². The Bertz CT molecular complexity index is 500. The normalized spacial score (nSPS) is 11.2. The Morgan fingerprint density at radius 3 is 2.45 bits per heavy atom. The fraction of sp³-hybridized carbons (Fsp3) is 0.385. The molecule has 0 aliphatic heterocycles. The van der Waals surface area contributed by atoms with Gasteiger partial charge in [0.2, 0.25) is 5.91 Å². The largest absolute Gasteiger partial charge is 0.478 e. The molecule has 0 saturated heterocycles. The molecule has 1 aromatic carbocycles. The van der Waals surface area contributed by atoms with Crippen molar-refractivity contribution in [2.75, 3.05) is 13.1 Å². The van der Waals surface area contributed by atoms with Gasteiger partial charge in [-0.25, -0.2) is 4.79 Å². The van der Waals surface area contributed by atoms with Crippen molar-refractivity contribution >= 4 is 11.9 Å². The highest BCUT2D eigenvalue weighted by Gasteiger charge is 2.32. The van der Waals surface area contributed by atoms with Crippen molar-refractivity contribution in [3.05, 3.63) is 35.4 Å². The van der Waals surface area contributed by atoms with Gasteiger partial charge in [0.15, 0.2) is 0 Å². The number of hydrogen-bond acceptors (Lipinski definition) is 2. The van der Waals surface area contributed by atoms with Crippen LogP contribution in [0.2, 0.25) is 0 Å². The van der Waals surface area contributed by atoms with E-state index in [0.717, 1.165) is 0 Å². The van der Waals surface area contributed by atoms with Gasteiger partial charge in [-0.3, -0.25) is 4.79 Å². The fourth-order valence-corrected chi connectivity index (χ4v) is 1.69. The van der Waals surface area contributed by atoms with E-state index < -0.39 is 24.6 Å². The van der Waals surface area contributed by atoms with Crippen LogP contribution in [0.3, 0.4) is 0 Å². The Labute approximate surface area is 113 Å². The maximum absolute atomic E-state index is 12.3. The summed E-state index contributed by atoms with van der Waals surface area (Å²) < 4.78 is 36.9. The summed E-state index contributed by atoms with van der Waals surface area (Å²) in [6.45, 7) is 0.0925. The number of nitrogens with zero attached hydrogens (tertiary/aromatic N) is 1. The summed E-state index contributed by atoms with van der Waals surface area (Å²) >= 11 is 0. The Morgan fingerprint density at radius 2 is 1.95 bits per heavy atom. The van der Waals surface area contributed by atoms with Crippen LogP contribution >= 0.6 is 0 Å². The van der Waals surface area contributed by atoms with Gasteiger partial charge >= 0.3 is 12.1 Å². The van der Waals surface area contributed by atoms with Gasteiger partial charge in [-0.05, 0) is 24.6 Å². The number of carboxylic acid groups (broad SMARTS) is 1. The van der Waals surface area contributed by atoms with Crippen LogP contribution in [-0.2, 0) is 11.2 Å². The van der Waals surface area contributed by atoms with Crippen LogP contribution in [0.4, 0.5) is 13.2 Å². The minimum absolute atomic E-state index is 0.00540. The number of hydrogen-bond donors (Lipinski definition) is 1. The van der Waals surface area contributed by atoms with Gasteiger partial charge in [-0.1, -0.05) is 12.1 Å². The highest BCUT2D eigenvalue weighted by Crippen LogP contribution is 2.17. The lowest BCUT2D eigenvalue weighted by molar-refractivity contribution is -0.160. The van der Waals surface area contributed by atoms with E-state index in [0.29, 0.717) is 10.5 Å². The Balaban J connectivity index is 2.78. The molecule has 20 heavy (non-hydrogen) atoms. The number of likely N-dealkylation sites (N-methyl/N-ethyl adjacent to an activating group) is 1. The number of rotatable bonds is 5. The first kappa shape index (κ1) is 16.0. The Hall–Kier alpha value is -2.05. The van der Waals surface area contributed by atoms with Crippen molar-refractivity contribution < 1.29 is 27.9 Å². The average molecular weight is 289 g/mol. The van der Waals surface area contributed by atoms with Crippen molar-refractivity contribution in [1.82, 2.24) is 4.90 Å². The molecule has 0 aliphatic carbocycles. The number of alkyl halides is 3. The van der Waals surface area contributed by atoms with Crippen molar-refractivity contribution in [3.63, 3.8) is 0 Å². The minimum Gasteiger partial charge on any atom is -0.478 e. The van der Waals surface area contributed by atoms with E-state index in [-0.39, 0.29) is 18.5 Å². The maximum Gasteiger partial charge on any atom is 0.406 e. The molecule has 110 valence electrons. The maximum atomic E-state index is 12.3. The molecule has 0 aliphatic rings. The molecule has 0 saturated carbocycles. The molecule has 1 amide bonds. The van der Waals surface area contributed by atoms with Gasteiger partial charge in [0, 0.05) is 6.54 Å². The monoisotopic (exact) mass is 289 g/mol. The van der Waals surface area contributed by atoms with Crippen molar-refractivity contribution in [2.45, 2.75) is 19.5 Å². The number of halogens is 3. The van der Waals surface area contributed by atoms with Crippen LogP contribution in [0.5, 0.6) is 0 Å². The topological polar surface area (TPSA) is 57.6 Å². The van der Waals surface area contributed by atoms with Gasteiger partial charge in [-0.2, -0.15) is 13.2 Å². The molecule has 0 bridgehead atoms. The molecular formula is C13H14F3NO3. The van der Waals surface area contributed by atoms with E-state index in [1.54, 1.807) is 0 Å². The SMILES string of the molecule is CCN(CC(F)(F)F)C(=O)Cc1cccc(C(=O)O)c1. The first-order valence-corrected chi connectivity index (χ1v) is 5.89. The smallest absolute Gasteiger partial charge is 0.406 e. The predicted octanol–water partition coefficient (Wildman–Crippen LogP) is 2.34. The Kier molecular flexibility index (Phi) is 5.12. The Morgan fingerprint density at radius 1 is 1.30 bits per heavy atom. The molecule has 0 heterocycles. The highest BCUT2D eigenvalue weighted by molar-refractivity contribution is 5.88. The van der Waals surface area contributed by atoms with Gasteiger partial charge in [-0.15, -0.1) is 0 Å². The summed E-state index contributed by atoms with van der Waals surface area (Å²) in [5.41, 5.74) is 0.365. The lowest BCUT2D eigenvalue weighted by Gasteiger charge is -2.22. The summed E-state index contributed by atoms with van der Waals surface area (Å²) in [7, 11) is 0. The first-order valence-electron chi connectivity index (χ1n) is 5.89. The van der Waals surface area contributed by atoms with Gasteiger partial charge in [0.1, 0.15) is 6.54 Å². The van der Waals surface area contributed by atoms with E-state index in [1.165, 1.54) is 31.2 Å². The van der Waals surface area contributed by atoms with E-state index in [1.807, 2.05) is 0 Å². The lowest BCUT2D eigenvalue weighted by Crippen LogP contribution is -2.39. The van der Waals surface area contributed by atoms with Crippen molar-refractivity contribution in [2.24, 2.45) is 0 Å². The summed E-state index contributed by atoms with van der Waals surface area (Å²) in [5, 5.41) is 8.81. The third-order valence-electron chi connectivity index (χ3n) is 2.63. The second-order valence-corrected chi connectivity index (χ2v) is 4.21. The van der Waals surface area contributed by atoms with E-state index >= 15 is 0 Å². The van der Waals surface area contributed by atoms with Crippen LogP contribution in [-0.4, -0.2) is 41.1 Å². The van der Waals surface area contributed by atoms with Crippen LogP contribution in [0.15, 0.2) is 24.3 Å². The number of amides is 1. The number of benzene rings is 1. The summed E-state index contributed by atoms with van der Waals surface area (Å²) in [6.07, 6.45) is -4.71. The fourth-order valence-electron chi connectivity index (χ4n) is 1.69. The van der Waals surface area contributed by atoms with E-state index in [9.17, 15) is 22.8 Å². The van der Waals surface area contributed by atoms with Crippen LogP contribution in [0, 0.1) is 0 Å². The van der Waals surface area contributed by atoms with Crippen LogP contribution in [0.25, 0.3) is 0 Å². The zero-order chi connectivity index (χ0) is 15.3. The minimum atomic E-state index is -4.45. The summed E-state index contributed by atoms with van der Waals surface area (Å²) in [6, 6.07) is 5.59. The molecule has 7 heteroatoms. The molecule has 0 radical (unpaired) electrons. The molecule has 1 N–H and O–H groups in total. The quantitative estimate of drug-likeness (QED) is 0.905. The zero-order valence-electron chi connectivity index (χ0n) is 10.8. The lowest BCUT2D eigenvalue weighted by atomic mass is 10.1. The molecule has 4 nitrogen and oxygen atoms in total. The van der Waals surface area contributed by atoms with E-state index in [2.05, 4.69) is 0 Å². The molecular weight excluding hydrogens is 275 g/mol. The second-order valence-electron chi connectivity index (χ2n) is 4.21. The average Bonchev–Trinajstić information content (AvgIpc) is 2.35. The van der Waals surface area contributed by atoms with E-state index in [4.69, 9.17) is 5.11 Å². The molecule has 1 rings (SSSR count). The molecule has 1 aromatic rings. The molecule has 0 unspecified atom stereocenters. The van der Waals surface area contributed by atoms with Crippen LogP contribution in [0.1, 0.15) is 22.8 Å². The standard InChI is InChI=1S/C13H14F3NO3/c1-2-17(8-13(14,15)16)11(18)7-9-4-3-5-10(6-9)12(19)20/h3-6H,2,7-8H2,1H3,(H,19,20). The van der Waals surface area contributed by atoms with Gasteiger partial charge in [0.05, 0.1) is 12.0 Å². The number of carboxylic acids is 1. The third-order valence-corrected chi connectivity index (χ3v) is 2.63. The molecule has 0 spiro atoms. The first-order chi connectivity index (χ1) is 9.23. The molecule has 0 aromatic heterocycles. The molecule has 0 atom stereocenters. The number of aromatic carboxylic acids is 1. The number of carbonyl (C=O) groups excluding carboxylic acids is 1. The molecule has 0 fully saturated rings. The highest BCUT2D eigenvalue weighted by atomic mass is 19.4. The van der Waals surface area contributed by atoms with Crippen molar-refractivity contribution in [1.29, 1.82) is 0 Å². The summed E-state index contributed by atoms with van der Waals surface area (Å²) in [4.78, 5) is 23.2. The zero-order valence-corrected chi connectivity index (χ0v) is 10.8. The van der Waals surface area contributed by atoms with Gasteiger partial charge < -0.3 is 10.0 Å². The third kappa shape index (κ3) is 4.91. The number of carbonyl (C=O) groups is 2. The van der Waals surface area contributed by atoms with Gasteiger partial charge in [0.25, 0.3) is 0 Å². The predicted molar refractivity (Wildman–Crippen MR) is 65.4 cm³/mol. The second kappa shape index (κ2) is 6.40. The van der Waals surface area contributed by atoms with Crippen molar-refractivity contribution in [3.8, 4) is 0 Å².